The third kappa shape index (κ3) is 3.41. The summed E-state index contributed by atoms with van der Waals surface area (Å²) in [5.74, 6) is 1.32. The van der Waals surface area contributed by atoms with E-state index in [-0.39, 0.29) is 11.9 Å². The standard InChI is InChI=1S/C24H22FN5O2/c25-19-3-1-2-17(10-19)22-14-32-15-23-28-20-5-4-16(11-21(20)30(22)23)18-12-26-24(27-13-18)29-6-8-31-9-7-29/h1-5,10-13,22H,6-9,14-15H2. The summed E-state index contributed by atoms with van der Waals surface area (Å²) >= 11 is 0. The van der Waals surface area contributed by atoms with Crippen molar-refractivity contribution < 1.29 is 13.9 Å². The molecule has 2 aromatic carbocycles. The van der Waals surface area contributed by atoms with Crippen LogP contribution in [0.2, 0.25) is 0 Å². The van der Waals surface area contributed by atoms with Gasteiger partial charge in [0.05, 0.1) is 36.9 Å². The van der Waals surface area contributed by atoms with Crippen molar-refractivity contribution in [1.82, 2.24) is 19.5 Å². The molecule has 0 spiro atoms. The summed E-state index contributed by atoms with van der Waals surface area (Å²) in [5, 5.41) is 0. The van der Waals surface area contributed by atoms with Crippen molar-refractivity contribution in [3.8, 4) is 11.1 Å². The SMILES string of the molecule is Fc1cccc(C2COCc3nc4ccc(-c5cnc(N6CCOCC6)nc5)cc4n32)c1. The van der Waals surface area contributed by atoms with Crippen LogP contribution in [0.4, 0.5) is 10.3 Å². The number of rotatable bonds is 3. The van der Waals surface area contributed by atoms with Crippen LogP contribution in [0.3, 0.4) is 0 Å². The van der Waals surface area contributed by atoms with Crippen molar-refractivity contribution in [2.45, 2.75) is 12.6 Å². The smallest absolute Gasteiger partial charge is 0.225 e. The Morgan fingerprint density at radius 3 is 2.59 bits per heavy atom. The molecule has 2 aliphatic heterocycles. The fourth-order valence-electron chi connectivity index (χ4n) is 4.46. The van der Waals surface area contributed by atoms with E-state index in [0.717, 1.165) is 52.6 Å². The molecule has 1 unspecified atom stereocenters. The number of benzene rings is 2. The maximum absolute atomic E-state index is 13.9. The molecule has 1 saturated heterocycles. The molecule has 6 rings (SSSR count). The Hall–Kier alpha value is -3.36. The molecular formula is C24H22FN5O2. The van der Waals surface area contributed by atoms with Crippen LogP contribution in [0.15, 0.2) is 54.9 Å². The van der Waals surface area contributed by atoms with Crippen LogP contribution in [0, 0.1) is 5.82 Å². The van der Waals surface area contributed by atoms with Crippen LogP contribution < -0.4 is 4.90 Å². The minimum absolute atomic E-state index is 0.130. The van der Waals surface area contributed by atoms with Gasteiger partial charge < -0.3 is 18.9 Å². The van der Waals surface area contributed by atoms with Gasteiger partial charge in [0, 0.05) is 31.0 Å². The predicted octanol–water partition coefficient (Wildman–Crippen LogP) is 3.59. The molecule has 0 radical (unpaired) electrons. The van der Waals surface area contributed by atoms with Gasteiger partial charge in [-0.1, -0.05) is 18.2 Å². The van der Waals surface area contributed by atoms with Crippen molar-refractivity contribution in [1.29, 1.82) is 0 Å². The quantitative estimate of drug-likeness (QED) is 0.494. The highest BCUT2D eigenvalue weighted by Gasteiger charge is 2.26. The highest BCUT2D eigenvalue weighted by Crippen LogP contribution is 2.33. The second kappa shape index (κ2) is 7.96. The number of anilines is 1. The summed E-state index contributed by atoms with van der Waals surface area (Å²) in [6.45, 7) is 3.92. The summed E-state index contributed by atoms with van der Waals surface area (Å²) in [7, 11) is 0. The van der Waals surface area contributed by atoms with E-state index in [4.69, 9.17) is 14.5 Å². The number of hydrogen-bond donors (Lipinski definition) is 0. The fourth-order valence-corrected chi connectivity index (χ4v) is 4.46. The van der Waals surface area contributed by atoms with Gasteiger partial charge in [0.2, 0.25) is 5.95 Å². The number of aromatic nitrogens is 4. The number of halogens is 1. The highest BCUT2D eigenvalue weighted by atomic mass is 19.1. The zero-order valence-electron chi connectivity index (χ0n) is 17.4. The number of nitrogens with zero attached hydrogens (tertiary/aromatic N) is 5. The van der Waals surface area contributed by atoms with Gasteiger partial charge in [0.25, 0.3) is 0 Å². The maximum atomic E-state index is 13.9. The Balaban J connectivity index is 1.38. The maximum Gasteiger partial charge on any atom is 0.225 e. The molecular weight excluding hydrogens is 409 g/mol. The molecule has 0 N–H and O–H groups in total. The first kappa shape index (κ1) is 19.3. The molecule has 1 fully saturated rings. The fraction of sp³-hybridized carbons (Fsp3) is 0.292. The largest absolute Gasteiger partial charge is 0.378 e. The highest BCUT2D eigenvalue weighted by molar-refractivity contribution is 5.83. The lowest BCUT2D eigenvalue weighted by Gasteiger charge is -2.27. The molecule has 2 aliphatic rings. The average Bonchev–Trinajstić information content (AvgIpc) is 3.23. The van der Waals surface area contributed by atoms with E-state index >= 15 is 0 Å². The van der Waals surface area contributed by atoms with Gasteiger partial charge in [-0.3, -0.25) is 0 Å². The summed E-state index contributed by atoms with van der Waals surface area (Å²) in [6.07, 6.45) is 3.72. The number of imidazole rings is 1. The van der Waals surface area contributed by atoms with Gasteiger partial charge in [0.1, 0.15) is 18.2 Å². The van der Waals surface area contributed by atoms with Gasteiger partial charge in [-0.2, -0.15) is 0 Å². The second-order valence-corrected chi connectivity index (χ2v) is 8.06. The van der Waals surface area contributed by atoms with Gasteiger partial charge in [-0.25, -0.2) is 19.3 Å². The minimum Gasteiger partial charge on any atom is -0.378 e. The van der Waals surface area contributed by atoms with Crippen molar-refractivity contribution in [3.05, 3.63) is 72.1 Å². The average molecular weight is 431 g/mol. The Bertz CT molecular complexity index is 1270. The molecule has 1 atom stereocenters. The monoisotopic (exact) mass is 431 g/mol. The summed E-state index contributed by atoms with van der Waals surface area (Å²) in [6, 6.07) is 12.7. The van der Waals surface area contributed by atoms with Crippen LogP contribution in [0.5, 0.6) is 0 Å². The van der Waals surface area contributed by atoms with E-state index in [9.17, 15) is 4.39 Å². The van der Waals surface area contributed by atoms with E-state index in [0.29, 0.717) is 26.4 Å². The molecule has 32 heavy (non-hydrogen) atoms. The normalized spacial score (nSPS) is 18.7. The molecule has 4 aromatic rings. The predicted molar refractivity (Wildman–Crippen MR) is 118 cm³/mol. The zero-order valence-corrected chi connectivity index (χ0v) is 17.4. The molecule has 0 bridgehead atoms. The molecule has 0 aliphatic carbocycles. The van der Waals surface area contributed by atoms with Crippen LogP contribution >= 0.6 is 0 Å². The number of fused-ring (bicyclic) bond motifs is 3. The first-order valence-corrected chi connectivity index (χ1v) is 10.8. The lowest BCUT2D eigenvalue weighted by molar-refractivity contribution is 0.0679. The van der Waals surface area contributed by atoms with E-state index in [2.05, 4.69) is 25.5 Å². The van der Waals surface area contributed by atoms with Crippen LogP contribution in [-0.2, 0) is 16.1 Å². The van der Waals surface area contributed by atoms with Crippen molar-refractivity contribution >= 4 is 17.0 Å². The molecule has 7 nitrogen and oxygen atoms in total. The van der Waals surface area contributed by atoms with Crippen molar-refractivity contribution in [2.75, 3.05) is 37.8 Å². The third-order valence-electron chi connectivity index (χ3n) is 6.08. The minimum atomic E-state index is -0.253. The first-order valence-electron chi connectivity index (χ1n) is 10.8. The zero-order chi connectivity index (χ0) is 21.5. The molecule has 162 valence electrons. The second-order valence-electron chi connectivity index (χ2n) is 8.06. The third-order valence-corrected chi connectivity index (χ3v) is 6.08. The van der Waals surface area contributed by atoms with E-state index in [1.165, 1.54) is 6.07 Å². The van der Waals surface area contributed by atoms with Gasteiger partial charge >= 0.3 is 0 Å². The van der Waals surface area contributed by atoms with Crippen molar-refractivity contribution in [2.24, 2.45) is 0 Å². The Morgan fingerprint density at radius 2 is 1.78 bits per heavy atom. The Kier molecular flexibility index (Phi) is 4.81. The number of morpholine rings is 1. The van der Waals surface area contributed by atoms with Gasteiger partial charge in [-0.05, 0) is 35.4 Å². The van der Waals surface area contributed by atoms with E-state index < -0.39 is 0 Å². The molecule has 0 amide bonds. The molecule has 0 saturated carbocycles. The molecule has 4 heterocycles. The van der Waals surface area contributed by atoms with E-state index in [1.54, 1.807) is 12.1 Å². The van der Waals surface area contributed by atoms with Gasteiger partial charge in [0.15, 0.2) is 0 Å². The van der Waals surface area contributed by atoms with Crippen LogP contribution in [0.25, 0.3) is 22.2 Å². The molecule has 2 aromatic heterocycles. The van der Waals surface area contributed by atoms with Crippen LogP contribution in [0.1, 0.15) is 17.4 Å². The Labute approximate surface area is 184 Å². The first-order chi connectivity index (χ1) is 15.8. The summed E-state index contributed by atoms with van der Waals surface area (Å²) < 4.78 is 27.3. The van der Waals surface area contributed by atoms with Crippen LogP contribution in [-0.4, -0.2) is 52.4 Å². The lowest BCUT2D eigenvalue weighted by atomic mass is 10.0. The number of hydrogen-bond acceptors (Lipinski definition) is 6. The Morgan fingerprint density at radius 1 is 0.938 bits per heavy atom. The van der Waals surface area contributed by atoms with Crippen molar-refractivity contribution in [3.63, 3.8) is 0 Å². The lowest BCUT2D eigenvalue weighted by Crippen LogP contribution is -2.37. The summed E-state index contributed by atoms with van der Waals surface area (Å²) in [4.78, 5) is 16.1. The molecule has 8 heteroatoms. The van der Waals surface area contributed by atoms with Gasteiger partial charge in [-0.15, -0.1) is 0 Å². The topological polar surface area (TPSA) is 65.3 Å². The summed E-state index contributed by atoms with van der Waals surface area (Å²) in [5.41, 5.74) is 4.70. The number of ether oxygens (including phenoxy) is 2. The van der Waals surface area contributed by atoms with E-state index in [1.807, 2.05) is 30.6 Å².